The van der Waals surface area contributed by atoms with E-state index in [0.29, 0.717) is 130 Å². The molecule has 0 fully saturated rings. The van der Waals surface area contributed by atoms with Gasteiger partial charge in [-0.3, -0.25) is 9.59 Å². The van der Waals surface area contributed by atoms with Crippen molar-refractivity contribution in [2.45, 2.75) is 59.9 Å². The Bertz CT molecular complexity index is 1270. The molecule has 1 aliphatic heterocycles. The molecule has 3 rings (SSSR count). The molecule has 1 heterocycles. The fraction of sp³-hybridized carbons (Fsp3) is 0.619. The molecule has 2 aromatic rings. The molecule has 326 valence electrons. The number of rotatable bonds is 28. The molecule has 0 aliphatic carbocycles. The first kappa shape index (κ1) is 53.4. The first-order chi connectivity index (χ1) is 27.9. The molecule has 0 saturated carbocycles. The highest BCUT2D eigenvalue weighted by Crippen LogP contribution is 2.36. The number of unbranched alkanes of at least 4 members (excludes halogenated alkanes) is 2. The molecule has 2 aromatic carbocycles. The minimum atomic E-state index is 0.390. The molecule has 7 N–H and O–H groups in total. The Labute approximate surface area is 342 Å². The van der Waals surface area contributed by atoms with Crippen LogP contribution in [0.1, 0.15) is 70.1 Å². The average molecular weight is 807 g/mol. The van der Waals surface area contributed by atoms with Crippen molar-refractivity contribution in [3.05, 3.63) is 65.2 Å². The van der Waals surface area contributed by atoms with Crippen LogP contribution in [-0.2, 0) is 49.3 Å². The maximum atomic E-state index is 11.9. The molecule has 0 spiro atoms. The number of methoxy groups -OCH3 is 1. The maximum Gasteiger partial charge on any atom is 0.214 e. The highest BCUT2D eigenvalue weighted by atomic mass is 16.6. The standard InChI is InChI=1S/C24H33N5O4.C10H21NO5.2C4H10/c25-9-11-31-13-15-33-16-14-32-12-10-29(27)24-21-7-3-4-8-22(21)28(18-30)17-19-5-1-2-6-20(19)23(24)26;1-13-4-5-15-8-9-16-7-6-14-3-2-11-10-12;2*1-3-4-2/h1-8,18H,9-17,25-27H2;10H,2-9H2,1H3,(H,11,12);2*3-4H2,1-2H3/b24-23-;;;. The average Bonchev–Trinajstić information content (AvgIpc) is 3.24. The van der Waals surface area contributed by atoms with E-state index in [2.05, 4.69) is 33.0 Å². The summed E-state index contributed by atoms with van der Waals surface area (Å²) in [7, 11) is 1.64. The van der Waals surface area contributed by atoms with E-state index >= 15 is 0 Å². The second-order valence-corrected chi connectivity index (χ2v) is 12.4. The SMILES string of the molecule is CCCC.CCCC.COCCOCCOCCOCCNC=O.NCCOCCOCCOCCN(N)/C1=C(\N)c2ccccc2CN(C=O)c2ccccc21. The zero-order valence-corrected chi connectivity index (χ0v) is 35.4. The number of ether oxygens (including phenoxy) is 7. The van der Waals surface area contributed by atoms with Crippen LogP contribution in [0, 0.1) is 0 Å². The highest BCUT2D eigenvalue weighted by molar-refractivity contribution is 5.96. The predicted molar refractivity (Wildman–Crippen MR) is 228 cm³/mol. The zero-order chi connectivity index (χ0) is 42.2. The minimum absolute atomic E-state index is 0.390. The number of para-hydroxylation sites is 1. The summed E-state index contributed by atoms with van der Waals surface area (Å²) in [5, 5.41) is 4.08. The van der Waals surface area contributed by atoms with Gasteiger partial charge in [-0.2, -0.15) is 0 Å². The van der Waals surface area contributed by atoms with Crippen molar-refractivity contribution in [2.24, 2.45) is 17.3 Å². The van der Waals surface area contributed by atoms with E-state index in [4.69, 9.17) is 50.5 Å². The largest absolute Gasteiger partial charge is 0.396 e. The normalized spacial score (nSPS) is 12.9. The number of fused-ring (bicyclic) bond motifs is 2. The quantitative estimate of drug-likeness (QED) is 0.0415. The van der Waals surface area contributed by atoms with Crippen LogP contribution < -0.4 is 27.5 Å². The molecular formula is C42H74N6O9. The third-order valence-electron chi connectivity index (χ3n) is 7.92. The summed E-state index contributed by atoms with van der Waals surface area (Å²) < 4.78 is 36.8. The molecule has 0 atom stereocenters. The van der Waals surface area contributed by atoms with Gasteiger partial charge < -0.3 is 59.9 Å². The number of nitrogens with two attached hydrogens (primary N) is 3. The van der Waals surface area contributed by atoms with Gasteiger partial charge in [-0.1, -0.05) is 95.8 Å². The van der Waals surface area contributed by atoms with Gasteiger partial charge in [-0.05, 0) is 11.6 Å². The molecule has 2 amide bonds. The van der Waals surface area contributed by atoms with E-state index in [1.807, 2.05) is 48.5 Å². The summed E-state index contributed by atoms with van der Waals surface area (Å²) >= 11 is 0. The summed E-state index contributed by atoms with van der Waals surface area (Å²) in [5.74, 6) is 6.48. The Morgan fingerprint density at radius 1 is 0.667 bits per heavy atom. The molecule has 57 heavy (non-hydrogen) atoms. The number of carbonyl (C=O) groups excluding carboxylic acids is 2. The molecule has 15 heteroatoms. The first-order valence-corrected chi connectivity index (χ1v) is 20.2. The highest BCUT2D eigenvalue weighted by Gasteiger charge is 2.24. The van der Waals surface area contributed by atoms with Gasteiger partial charge in [0.15, 0.2) is 0 Å². The lowest BCUT2D eigenvalue weighted by molar-refractivity contribution is -0.110. The lowest BCUT2D eigenvalue weighted by Crippen LogP contribution is -2.36. The van der Waals surface area contributed by atoms with Crippen LogP contribution in [0.5, 0.6) is 0 Å². The van der Waals surface area contributed by atoms with Crippen molar-refractivity contribution in [2.75, 3.05) is 118 Å². The molecule has 0 bridgehead atoms. The van der Waals surface area contributed by atoms with E-state index in [-0.39, 0.29) is 0 Å². The maximum absolute atomic E-state index is 11.9. The summed E-state index contributed by atoms with van der Waals surface area (Å²) in [6, 6.07) is 15.4. The number of nitrogens with one attached hydrogen (secondary N) is 1. The second-order valence-electron chi connectivity index (χ2n) is 12.4. The number of nitrogens with zero attached hydrogens (tertiary/aromatic N) is 2. The molecule has 1 aliphatic rings. The number of hydrazine groups is 1. The minimum Gasteiger partial charge on any atom is -0.396 e. The third kappa shape index (κ3) is 26.1. The lowest BCUT2D eigenvalue weighted by Gasteiger charge is -2.31. The van der Waals surface area contributed by atoms with Crippen molar-refractivity contribution in [1.82, 2.24) is 10.3 Å². The summed E-state index contributed by atoms with van der Waals surface area (Å²) in [6.07, 6.45) is 6.76. The number of anilines is 1. The molecule has 15 nitrogen and oxygen atoms in total. The Kier molecular flexibility index (Phi) is 36.7. The second kappa shape index (κ2) is 39.2. The van der Waals surface area contributed by atoms with Crippen molar-refractivity contribution < 1.29 is 42.7 Å². The monoisotopic (exact) mass is 807 g/mol. The molecule has 0 radical (unpaired) electrons. The van der Waals surface area contributed by atoms with Gasteiger partial charge in [0.2, 0.25) is 12.8 Å². The van der Waals surface area contributed by atoms with Gasteiger partial charge in [0.05, 0.1) is 116 Å². The van der Waals surface area contributed by atoms with E-state index in [1.165, 1.54) is 25.7 Å². The molecule has 0 unspecified atom stereocenters. The van der Waals surface area contributed by atoms with Crippen LogP contribution >= 0.6 is 0 Å². The Balaban J connectivity index is 0.00000108. The molecule has 0 saturated heterocycles. The molecule has 0 aromatic heterocycles. The van der Waals surface area contributed by atoms with Crippen molar-refractivity contribution in [3.8, 4) is 0 Å². The third-order valence-corrected chi connectivity index (χ3v) is 7.92. The zero-order valence-electron chi connectivity index (χ0n) is 35.4. The van der Waals surface area contributed by atoms with Gasteiger partial charge in [0.25, 0.3) is 0 Å². The van der Waals surface area contributed by atoms with Gasteiger partial charge in [0.1, 0.15) is 0 Å². The van der Waals surface area contributed by atoms with Crippen molar-refractivity contribution >= 4 is 29.9 Å². The Hall–Kier alpha value is -3.64. The van der Waals surface area contributed by atoms with E-state index in [9.17, 15) is 9.59 Å². The summed E-state index contributed by atoms with van der Waals surface area (Å²) in [6.45, 7) is 17.3. The topological polar surface area (TPSA) is 195 Å². The number of hydrogen-bond donors (Lipinski definition) is 4. The van der Waals surface area contributed by atoms with Crippen molar-refractivity contribution in [1.29, 1.82) is 0 Å². The lowest BCUT2D eigenvalue weighted by atomic mass is 9.96. The Morgan fingerprint density at radius 2 is 1.14 bits per heavy atom. The fourth-order valence-corrected chi connectivity index (χ4v) is 4.56. The predicted octanol–water partition coefficient (Wildman–Crippen LogP) is 4.17. The van der Waals surface area contributed by atoms with Gasteiger partial charge in [-0.25, -0.2) is 5.84 Å². The van der Waals surface area contributed by atoms with Gasteiger partial charge >= 0.3 is 0 Å². The smallest absolute Gasteiger partial charge is 0.214 e. The van der Waals surface area contributed by atoms with Gasteiger partial charge in [0, 0.05) is 31.3 Å². The first-order valence-electron chi connectivity index (χ1n) is 20.2. The summed E-state index contributed by atoms with van der Waals surface area (Å²) in [5.41, 5.74) is 16.6. The summed E-state index contributed by atoms with van der Waals surface area (Å²) in [4.78, 5) is 23.5. The van der Waals surface area contributed by atoms with Crippen LogP contribution in [0.3, 0.4) is 0 Å². The molecular weight excluding hydrogens is 732 g/mol. The van der Waals surface area contributed by atoms with Crippen LogP contribution in [0.4, 0.5) is 5.69 Å². The van der Waals surface area contributed by atoms with Gasteiger partial charge in [-0.15, -0.1) is 0 Å². The number of hydrogen-bond acceptors (Lipinski definition) is 13. The van der Waals surface area contributed by atoms with Crippen LogP contribution in [-0.4, -0.2) is 130 Å². The van der Waals surface area contributed by atoms with E-state index in [1.54, 1.807) is 17.0 Å². The number of amides is 2. The van der Waals surface area contributed by atoms with Crippen molar-refractivity contribution in [3.63, 3.8) is 0 Å². The number of benzene rings is 2. The Morgan fingerprint density at radius 3 is 1.65 bits per heavy atom. The van der Waals surface area contributed by atoms with E-state index < -0.39 is 0 Å². The van der Waals surface area contributed by atoms with Crippen LogP contribution in [0.25, 0.3) is 11.4 Å². The number of carbonyl (C=O) groups is 2. The van der Waals surface area contributed by atoms with E-state index in [0.717, 1.165) is 28.8 Å². The fourth-order valence-electron chi connectivity index (χ4n) is 4.56. The van der Waals surface area contributed by atoms with Crippen LogP contribution in [0.2, 0.25) is 0 Å². The van der Waals surface area contributed by atoms with Crippen LogP contribution in [0.15, 0.2) is 48.5 Å².